The van der Waals surface area contributed by atoms with Crippen molar-refractivity contribution in [1.82, 2.24) is 10.4 Å². The Kier molecular flexibility index (Phi) is 5.02. The molecule has 0 fully saturated rings. The van der Waals surface area contributed by atoms with Gasteiger partial charge in [-0.1, -0.05) is 47.5 Å². The van der Waals surface area contributed by atoms with Crippen molar-refractivity contribution in [3.8, 4) is 0 Å². The van der Waals surface area contributed by atoms with Crippen LogP contribution in [0.1, 0.15) is 28.5 Å². The van der Waals surface area contributed by atoms with Crippen LogP contribution in [0.2, 0.25) is 10.0 Å². The molecule has 25 heavy (non-hydrogen) atoms. The molecule has 0 aliphatic heterocycles. The summed E-state index contributed by atoms with van der Waals surface area (Å²) in [5, 5.41) is 5.87. The number of nitrogens with one attached hydrogen (secondary N) is 1. The van der Waals surface area contributed by atoms with E-state index in [1.54, 1.807) is 31.2 Å². The predicted molar refractivity (Wildman–Crippen MR) is 103 cm³/mol. The van der Waals surface area contributed by atoms with Crippen molar-refractivity contribution >= 4 is 45.7 Å². The lowest BCUT2D eigenvalue weighted by Crippen LogP contribution is -2.20. The molecule has 0 spiro atoms. The number of amides is 1. The molecule has 0 aliphatic rings. The lowest BCUT2D eigenvalue weighted by atomic mass is 10.1. The summed E-state index contributed by atoms with van der Waals surface area (Å²) in [6.45, 7) is 3.64. The van der Waals surface area contributed by atoms with Crippen LogP contribution in [-0.4, -0.2) is 16.6 Å². The fourth-order valence-corrected chi connectivity index (χ4v) is 2.77. The molecule has 4 nitrogen and oxygen atoms in total. The minimum Gasteiger partial charge on any atom is -0.267 e. The minimum absolute atomic E-state index is 0.291. The van der Waals surface area contributed by atoms with Crippen LogP contribution in [0.3, 0.4) is 0 Å². The summed E-state index contributed by atoms with van der Waals surface area (Å²) < 4.78 is 0. The number of rotatable bonds is 3. The van der Waals surface area contributed by atoms with Crippen molar-refractivity contribution in [2.24, 2.45) is 5.10 Å². The van der Waals surface area contributed by atoms with Gasteiger partial charge in [0.25, 0.3) is 5.91 Å². The quantitative estimate of drug-likeness (QED) is 0.519. The van der Waals surface area contributed by atoms with Gasteiger partial charge in [-0.3, -0.25) is 9.78 Å². The number of hydrogen-bond acceptors (Lipinski definition) is 3. The monoisotopic (exact) mass is 371 g/mol. The van der Waals surface area contributed by atoms with Gasteiger partial charge in [-0.15, -0.1) is 0 Å². The van der Waals surface area contributed by atoms with E-state index < -0.39 is 0 Å². The second-order valence-corrected chi connectivity index (χ2v) is 6.41. The van der Waals surface area contributed by atoms with Gasteiger partial charge < -0.3 is 0 Å². The number of fused-ring (bicyclic) bond motifs is 1. The first-order valence-electron chi connectivity index (χ1n) is 7.62. The van der Waals surface area contributed by atoms with Gasteiger partial charge in [-0.2, -0.15) is 5.10 Å². The molecule has 1 amide bonds. The van der Waals surface area contributed by atoms with Crippen molar-refractivity contribution in [2.45, 2.75) is 13.8 Å². The Hall–Kier alpha value is -2.43. The molecule has 0 saturated carbocycles. The molecule has 1 heterocycles. The molecule has 126 valence electrons. The molecule has 0 unspecified atom stereocenters. The van der Waals surface area contributed by atoms with Gasteiger partial charge in [-0.25, -0.2) is 5.43 Å². The number of para-hydroxylation sites is 1. The first-order valence-corrected chi connectivity index (χ1v) is 8.38. The lowest BCUT2D eigenvalue weighted by Gasteiger charge is -2.07. The Morgan fingerprint density at radius 1 is 1.08 bits per heavy atom. The largest absolute Gasteiger partial charge is 0.272 e. The number of nitrogens with zero attached hydrogens (tertiary/aromatic N) is 2. The summed E-state index contributed by atoms with van der Waals surface area (Å²) in [6.07, 6.45) is 0. The van der Waals surface area contributed by atoms with Crippen LogP contribution in [0.15, 0.2) is 53.6 Å². The van der Waals surface area contributed by atoms with Crippen LogP contribution in [0.25, 0.3) is 10.9 Å². The van der Waals surface area contributed by atoms with E-state index >= 15 is 0 Å². The van der Waals surface area contributed by atoms with E-state index in [1.807, 2.05) is 31.2 Å². The lowest BCUT2D eigenvalue weighted by molar-refractivity contribution is 0.0956. The normalized spacial score (nSPS) is 11.6. The summed E-state index contributed by atoms with van der Waals surface area (Å²) in [5.74, 6) is -0.291. The number of benzene rings is 2. The van der Waals surface area contributed by atoms with E-state index in [0.717, 1.165) is 22.2 Å². The fourth-order valence-electron chi connectivity index (χ4n) is 2.48. The van der Waals surface area contributed by atoms with Crippen molar-refractivity contribution in [2.75, 3.05) is 0 Å². The van der Waals surface area contributed by atoms with Crippen molar-refractivity contribution in [1.29, 1.82) is 0 Å². The Bertz CT molecular complexity index is 999. The number of carbonyl (C=O) groups is 1. The number of aryl methyl sites for hydroxylation is 1. The maximum atomic E-state index is 12.6. The fraction of sp³-hybridized carbons (Fsp3) is 0.105. The molecule has 1 N–H and O–H groups in total. The van der Waals surface area contributed by atoms with Gasteiger partial charge >= 0.3 is 0 Å². The molecule has 3 aromatic rings. The Morgan fingerprint density at radius 3 is 2.60 bits per heavy atom. The van der Waals surface area contributed by atoms with Gasteiger partial charge in [-0.05, 0) is 43.7 Å². The van der Waals surface area contributed by atoms with E-state index in [1.165, 1.54) is 0 Å². The highest BCUT2D eigenvalue weighted by Crippen LogP contribution is 2.23. The molecule has 3 rings (SSSR count). The summed E-state index contributed by atoms with van der Waals surface area (Å²) in [6, 6.07) is 14.5. The van der Waals surface area contributed by atoms with Crippen LogP contribution in [-0.2, 0) is 0 Å². The van der Waals surface area contributed by atoms with Gasteiger partial charge in [0, 0.05) is 11.1 Å². The zero-order chi connectivity index (χ0) is 18.0. The predicted octanol–water partition coefficient (Wildman–Crippen LogP) is 5.00. The topological polar surface area (TPSA) is 54.4 Å². The molecule has 0 bridgehead atoms. The zero-order valence-electron chi connectivity index (χ0n) is 13.7. The molecule has 1 aromatic heterocycles. The Morgan fingerprint density at radius 2 is 1.84 bits per heavy atom. The summed E-state index contributed by atoms with van der Waals surface area (Å²) in [7, 11) is 0. The molecule has 0 atom stereocenters. The number of aromatic nitrogens is 1. The number of hydrogen-bond donors (Lipinski definition) is 1. The van der Waals surface area contributed by atoms with Gasteiger partial charge in [0.05, 0.1) is 26.8 Å². The van der Waals surface area contributed by atoms with E-state index in [2.05, 4.69) is 15.5 Å². The van der Waals surface area contributed by atoms with Crippen LogP contribution in [0.4, 0.5) is 0 Å². The van der Waals surface area contributed by atoms with E-state index in [0.29, 0.717) is 21.3 Å². The first-order chi connectivity index (χ1) is 12.0. The van der Waals surface area contributed by atoms with Crippen LogP contribution in [0.5, 0.6) is 0 Å². The van der Waals surface area contributed by atoms with Gasteiger partial charge in [0.15, 0.2) is 0 Å². The smallest absolute Gasteiger partial charge is 0.267 e. The van der Waals surface area contributed by atoms with Crippen LogP contribution >= 0.6 is 23.2 Å². The number of pyridine rings is 1. The highest BCUT2D eigenvalue weighted by atomic mass is 35.5. The van der Waals surface area contributed by atoms with Crippen LogP contribution < -0.4 is 5.43 Å². The average molecular weight is 372 g/mol. The molecule has 0 saturated heterocycles. The third-order valence-corrected chi connectivity index (χ3v) is 4.49. The average Bonchev–Trinajstić information content (AvgIpc) is 2.60. The molecular formula is C19H15Cl2N3O. The van der Waals surface area contributed by atoms with E-state index in [-0.39, 0.29) is 5.91 Å². The summed E-state index contributed by atoms with van der Waals surface area (Å²) in [4.78, 5) is 17.0. The number of hydrazone groups is 1. The minimum atomic E-state index is -0.291. The molecule has 2 aromatic carbocycles. The first kappa shape index (κ1) is 17.4. The third-order valence-electron chi connectivity index (χ3n) is 3.75. The number of halogens is 2. The highest BCUT2D eigenvalue weighted by molar-refractivity contribution is 6.42. The van der Waals surface area contributed by atoms with Crippen LogP contribution in [0, 0.1) is 6.92 Å². The molecular weight excluding hydrogens is 357 g/mol. The van der Waals surface area contributed by atoms with Gasteiger partial charge in [0.1, 0.15) is 0 Å². The maximum Gasteiger partial charge on any atom is 0.272 e. The Balaban J connectivity index is 1.88. The highest BCUT2D eigenvalue weighted by Gasteiger charge is 2.11. The molecule has 0 aliphatic carbocycles. The number of carbonyl (C=O) groups excluding carboxylic acids is 1. The second kappa shape index (κ2) is 7.21. The SMILES string of the molecule is C/C(=N\NC(=O)c1cc(C)nc2ccccc12)c1ccc(Cl)c(Cl)c1. The van der Waals surface area contributed by atoms with E-state index in [4.69, 9.17) is 23.2 Å². The maximum absolute atomic E-state index is 12.6. The van der Waals surface area contributed by atoms with Crippen molar-refractivity contribution in [3.05, 3.63) is 75.4 Å². The Labute approximate surface area is 155 Å². The summed E-state index contributed by atoms with van der Waals surface area (Å²) in [5.41, 5.74) is 6.09. The van der Waals surface area contributed by atoms with Crippen molar-refractivity contribution in [3.63, 3.8) is 0 Å². The zero-order valence-corrected chi connectivity index (χ0v) is 15.2. The second-order valence-electron chi connectivity index (χ2n) is 5.60. The third kappa shape index (κ3) is 3.81. The van der Waals surface area contributed by atoms with E-state index in [9.17, 15) is 4.79 Å². The standard InChI is InChI=1S/C19H15Cl2N3O/c1-11-9-15(14-5-3-4-6-18(14)22-11)19(25)24-23-12(2)13-7-8-16(20)17(21)10-13/h3-10H,1-2H3,(H,24,25)/b23-12+. The molecule has 0 radical (unpaired) electrons. The van der Waals surface area contributed by atoms with Crippen molar-refractivity contribution < 1.29 is 4.79 Å². The molecule has 6 heteroatoms. The summed E-state index contributed by atoms with van der Waals surface area (Å²) >= 11 is 11.9. The van der Waals surface area contributed by atoms with Gasteiger partial charge in [0.2, 0.25) is 0 Å².